The summed E-state index contributed by atoms with van der Waals surface area (Å²) in [7, 11) is 0. The monoisotopic (exact) mass is 358 g/mol. The molecule has 0 bridgehead atoms. The third-order valence-corrected chi connectivity index (χ3v) is 4.40. The number of amides is 3. The van der Waals surface area contributed by atoms with Gasteiger partial charge in [-0.25, -0.2) is 4.79 Å². The summed E-state index contributed by atoms with van der Waals surface area (Å²) in [5.41, 5.74) is 1.67. The first-order chi connectivity index (χ1) is 12.2. The minimum Gasteiger partial charge on any atom is -0.486 e. The summed E-state index contributed by atoms with van der Waals surface area (Å²) < 4.78 is 10.9. The van der Waals surface area contributed by atoms with E-state index in [0.717, 1.165) is 11.3 Å². The molecule has 0 saturated carbocycles. The van der Waals surface area contributed by atoms with Crippen molar-refractivity contribution in [3.8, 4) is 11.5 Å². The largest absolute Gasteiger partial charge is 0.486 e. The molecule has 0 radical (unpaired) electrons. The average Bonchev–Trinajstić information content (AvgIpc) is 2.62. The SMILES string of the molecule is O=C(CSCc1ccccc1)NC(=O)Nc1ccc2c(c1)OCCO2. The first-order valence-corrected chi connectivity index (χ1v) is 8.98. The number of thioether (sulfide) groups is 1. The van der Waals surface area contributed by atoms with E-state index in [4.69, 9.17) is 9.47 Å². The fraction of sp³-hybridized carbons (Fsp3) is 0.222. The van der Waals surface area contributed by atoms with E-state index in [-0.39, 0.29) is 11.7 Å². The van der Waals surface area contributed by atoms with Gasteiger partial charge in [-0.2, -0.15) is 0 Å². The van der Waals surface area contributed by atoms with Crippen LogP contribution in [0.3, 0.4) is 0 Å². The Bertz CT molecular complexity index is 752. The van der Waals surface area contributed by atoms with Gasteiger partial charge in [0, 0.05) is 17.5 Å². The second-order valence-corrected chi connectivity index (χ2v) is 6.32. The van der Waals surface area contributed by atoms with E-state index >= 15 is 0 Å². The molecule has 0 fully saturated rings. The number of imide groups is 1. The van der Waals surface area contributed by atoms with Gasteiger partial charge in [0.25, 0.3) is 0 Å². The number of benzene rings is 2. The molecule has 1 aliphatic rings. The maximum absolute atomic E-state index is 11.9. The number of carbonyl (C=O) groups is 2. The second kappa shape index (κ2) is 8.43. The van der Waals surface area contributed by atoms with Crippen LogP contribution < -0.4 is 20.1 Å². The van der Waals surface area contributed by atoms with Gasteiger partial charge in [0.2, 0.25) is 5.91 Å². The number of carbonyl (C=O) groups excluding carboxylic acids is 2. The number of ether oxygens (including phenoxy) is 2. The number of hydrogen-bond acceptors (Lipinski definition) is 5. The number of nitrogens with one attached hydrogen (secondary N) is 2. The number of rotatable bonds is 5. The number of urea groups is 1. The van der Waals surface area contributed by atoms with Gasteiger partial charge in [-0.3, -0.25) is 10.1 Å². The highest BCUT2D eigenvalue weighted by molar-refractivity contribution is 7.99. The molecule has 2 N–H and O–H groups in total. The van der Waals surface area contributed by atoms with Gasteiger partial charge >= 0.3 is 6.03 Å². The predicted octanol–water partition coefficient (Wildman–Crippen LogP) is 3.04. The molecule has 130 valence electrons. The standard InChI is InChI=1S/C18H18N2O4S/c21-17(12-25-11-13-4-2-1-3-5-13)20-18(22)19-14-6-7-15-16(10-14)24-9-8-23-15/h1-7,10H,8-9,11-12H2,(H2,19,20,21,22). The van der Waals surface area contributed by atoms with Crippen molar-refractivity contribution in [3.05, 3.63) is 54.1 Å². The maximum Gasteiger partial charge on any atom is 0.325 e. The normalized spacial score (nSPS) is 12.3. The van der Waals surface area contributed by atoms with Crippen LogP contribution in [-0.2, 0) is 10.5 Å². The maximum atomic E-state index is 11.9. The summed E-state index contributed by atoms with van der Waals surface area (Å²) in [6.45, 7) is 0.981. The van der Waals surface area contributed by atoms with Gasteiger partial charge in [0.05, 0.1) is 5.75 Å². The van der Waals surface area contributed by atoms with Crippen molar-refractivity contribution in [1.29, 1.82) is 0 Å². The summed E-state index contributed by atoms with van der Waals surface area (Å²) in [5, 5.41) is 4.93. The average molecular weight is 358 g/mol. The Balaban J connectivity index is 1.43. The molecular weight excluding hydrogens is 340 g/mol. The van der Waals surface area contributed by atoms with E-state index in [1.54, 1.807) is 18.2 Å². The molecule has 0 atom stereocenters. The molecule has 1 heterocycles. The third kappa shape index (κ3) is 5.15. The Kier molecular flexibility index (Phi) is 5.79. The van der Waals surface area contributed by atoms with Crippen LogP contribution in [0.25, 0.3) is 0 Å². The highest BCUT2D eigenvalue weighted by Crippen LogP contribution is 2.32. The topological polar surface area (TPSA) is 76.7 Å². The Morgan fingerprint density at radius 3 is 2.56 bits per heavy atom. The van der Waals surface area contributed by atoms with Gasteiger partial charge in [-0.15, -0.1) is 11.8 Å². The third-order valence-electron chi connectivity index (χ3n) is 3.40. The lowest BCUT2D eigenvalue weighted by atomic mass is 10.2. The Morgan fingerprint density at radius 1 is 1.00 bits per heavy atom. The molecule has 0 aliphatic carbocycles. The lowest BCUT2D eigenvalue weighted by Gasteiger charge is -2.19. The van der Waals surface area contributed by atoms with E-state index in [9.17, 15) is 9.59 Å². The lowest BCUT2D eigenvalue weighted by molar-refractivity contribution is -0.117. The van der Waals surface area contributed by atoms with Crippen molar-refractivity contribution in [2.24, 2.45) is 0 Å². The summed E-state index contributed by atoms with van der Waals surface area (Å²) >= 11 is 1.45. The molecule has 25 heavy (non-hydrogen) atoms. The number of hydrogen-bond donors (Lipinski definition) is 2. The Hall–Kier alpha value is -2.67. The van der Waals surface area contributed by atoms with Gasteiger partial charge in [0.15, 0.2) is 11.5 Å². The van der Waals surface area contributed by atoms with Gasteiger partial charge < -0.3 is 14.8 Å². The van der Waals surface area contributed by atoms with E-state index in [1.807, 2.05) is 30.3 Å². The quantitative estimate of drug-likeness (QED) is 0.859. The Labute approximate surface area is 149 Å². The molecule has 0 saturated heterocycles. The predicted molar refractivity (Wildman–Crippen MR) is 97.2 cm³/mol. The number of fused-ring (bicyclic) bond motifs is 1. The van der Waals surface area contributed by atoms with E-state index in [0.29, 0.717) is 30.4 Å². The van der Waals surface area contributed by atoms with Gasteiger partial charge in [-0.05, 0) is 17.7 Å². The molecule has 0 unspecified atom stereocenters. The van der Waals surface area contributed by atoms with Gasteiger partial charge in [0.1, 0.15) is 13.2 Å². The van der Waals surface area contributed by atoms with Crippen LogP contribution in [0.2, 0.25) is 0 Å². The van der Waals surface area contributed by atoms with Crippen LogP contribution in [0.4, 0.5) is 10.5 Å². The minimum atomic E-state index is -0.568. The zero-order chi connectivity index (χ0) is 17.5. The zero-order valence-corrected chi connectivity index (χ0v) is 14.3. The molecule has 0 aromatic heterocycles. The van der Waals surface area contributed by atoms with Crippen LogP contribution >= 0.6 is 11.8 Å². The molecule has 7 heteroatoms. The fourth-order valence-corrected chi connectivity index (χ4v) is 3.07. The van der Waals surface area contributed by atoms with Crippen LogP contribution in [0, 0.1) is 0 Å². The van der Waals surface area contributed by atoms with Crippen molar-refractivity contribution in [2.75, 3.05) is 24.3 Å². The van der Waals surface area contributed by atoms with E-state index < -0.39 is 6.03 Å². The summed E-state index contributed by atoms with van der Waals surface area (Å²) in [6.07, 6.45) is 0. The second-order valence-electron chi connectivity index (χ2n) is 5.34. The van der Waals surface area contributed by atoms with Crippen LogP contribution in [-0.4, -0.2) is 30.9 Å². The highest BCUT2D eigenvalue weighted by Gasteiger charge is 2.13. The number of anilines is 1. The van der Waals surface area contributed by atoms with Crippen molar-refractivity contribution in [1.82, 2.24) is 5.32 Å². The first-order valence-electron chi connectivity index (χ1n) is 7.83. The first kappa shape index (κ1) is 17.2. The molecular formula is C18H18N2O4S. The molecule has 3 amide bonds. The summed E-state index contributed by atoms with van der Waals surface area (Å²) in [4.78, 5) is 23.7. The van der Waals surface area contributed by atoms with Crippen molar-refractivity contribution >= 4 is 29.4 Å². The van der Waals surface area contributed by atoms with Crippen molar-refractivity contribution in [3.63, 3.8) is 0 Å². The van der Waals surface area contributed by atoms with E-state index in [2.05, 4.69) is 10.6 Å². The van der Waals surface area contributed by atoms with Crippen LogP contribution in [0.15, 0.2) is 48.5 Å². The summed E-state index contributed by atoms with van der Waals surface area (Å²) in [6, 6.07) is 14.4. The van der Waals surface area contributed by atoms with Gasteiger partial charge in [-0.1, -0.05) is 30.3 Å². The van der Waals surface area contributed by atoms with E-state index in [1.165, 1.54) is 11.8 Å². The fourth-order valence-electron chi connectivity index (χ4n) is 2.28. The molecule has 6 nitrogen and oxygen atoms in total. The zero-order valence-electron chi connectivity index (χ0n) is 13.5. The summed E-state index contributed by atoms with van der Waals surface area (Å²) in [5.74, 6) is 1.82. The molecule has 0 spiro atoms. The smallest absolute Gasteiger partial charge is 0.325 e. The molecule has 2 aromatic carbocycles. The molecule has 1 aliphatic heterocycles. The lowest BCUT2D eigenvalue weighted by Crippen LogP contribution is -2.35. The highest BCUT2D eigenvalue weighted by atomic mass is 32.2. The molecule has 3 rings (SSSR count). The van der Waals surface area contributed by atoms with Crippen molar-refractivity contribution in [2.45, 2.75) is 5.75 Å². The molecule has 2 aromatic rings. The van der Waals surface area contributed by atoms with Crippen molar-refractivity contribution < 1.29 is 19.1 Å². The van der Waals surface area contributed by atoms with Crippen LogP contribution in [0.5, 0.6) is 11.5 Å². The minimum absolute atomic E-state index is 0.212. The van der Waals surface area contributed by atoms with Crippen LogP contribution in [0.1, 0.15) is 5.56 Å². The Morgan fingerprint density at radius 2 is 1.76 bits per heavy atom.